The highest BCUT2D eigenvalue weighted by Crippen LogP contribution is 2.28. The van der Waals surface area contributed by atoms with E-state index in [-0.39, 0.29) is 5.91 Å². The molecule has 1 aliphatic rings. The van der Waals surface area contributed by atoms with E-state index in [1.807, 2.05) is 6.07 Å². The van der Waals surface area contributed by atoms with Gasteiger partial charge in [-0.3, -0.25) is 4.79 Å². The van der Waals surface area contributed by atoms with Crippen LogP contribution in [0.15, 0.2) is 28.9 Å². The molecule has 3 rings (SSSR count). The lowest BCUT2D eigenvalue weighted by atomic mass is 9.88. The fraction of sp³-hybridized carbons (Fsp3) is 0.357. The minimum absolute atomic E-state index is 0.252. The molecule has 5 nitrogen and oxygen atoms in total. The molecule has 98 valence electrons. The van der Waals surface area contributed by atoms with Gasteiger partial charge in [-0.05, 0) is 30.9 Å². The Morgan fingerprint density at radius 3 is 3.16 bits per heavy atom. The zero-order valence-electron chi connectivity index (χ0n) is 10.7. The number of hydrogen-bond donors (Lipinski definition) is 1. The van der Waals surface area contributed by atoms with Gasteiger partial charge in [0.05, 0.1) is 0 Å². The molecular formula is C14H15N3O2. The maximum atomic E-state index is 12.2. The summed E-state index contributed by atoms with van der Waals surface area (Å²) in [4.78, 5) is 16.2. The predicted molar refractivity (Wildman–Crippen MR) is 69.9 cm³/mol. The summed E-state index contributed by atoms with van der Waals surface area (Å²) in [6, 6.07) is 5.37. The van der Waals surface area contributed by atoms with Crippen molar-refractivity contribution < 1.29 is 9.32 Å². The second kappa shape index (κ2) is 4.84. The van der Waals surface area contributed by atoms with E-state index in [1.54, 1.807) is 18.3 Å². The van der Waals surface area contributed by atoms with Gasteiger partial charge in [0.1, 0.15) is 11.6 Å². The number of hydrogen-bond acceptors (Lipinski definition) is 4. The summed E-state index contributed by atoms with van der Waals surface area (Å²) in [5, 5.41) is 6.65. The Hall–Kier alpha value is -2.17. The lowest BCUT2D eigenvalue weighted by Gasteiger charge is -2.16. The van der Waals surface area contributed by atoms with Crippen LogP contribution in [0.4, 0.5) is 5.82 Å². The molecule has 0 radical (unpaired) electrons. The molecule has 0 spiro atoms. The fourth-order valence-corrected chi connectivity index (χ4v) is 2.37. The van der Waals surface area contributed by atoms with E-state index in [9.17, 15) is 4.79 Å². The van der Waals surface area contributed by atoms with Crippen molar-refractivity contribution in [3.63, 3.8) is 0 Å². The Balaban J connectivity index is 1.83. The van der Waals surface area contributed by atoms with Crippen LogP contribution in [0.1, 0.15) is 35.2 Å². The van der Waals surface area contributed by atoms with E-state index in [0.717, 1.165) is 30.6 Å². The van der Waals surface area contributed by atoms with E-state index < -0.39 is 0 Å². The van der Waals surface area contributed by atoms with Gasteiger partial charge in [0, 0.05) is 18.2 Å². The van der Waals surface area contributed by atoms with Gasteiger partial charge in [0.25, 0.3) is 5.91 Å². The van der Waals surface area contributed by atoms with Crippen molar-refractivity contribution in [2.75, 3.05) is 5.32 Å². The molecule has 19 heavy (non-hydrogen) atoms. The van der Waals surface area contributed by atoms with Gasteiger partial charge in [-0.1, -0.05) is 18.1 Å². The first-order valence-corrected chi connectivity index (χ1v) is 6.44. The van der Waals surface area contributed by atoms with Gasteiger partial charge in [0.2, 0.25) is 0 Å². The first-order chi connectivity index (χ1) is 9.24. The van der Waals surface area contributed by atoms with E-state index in [2.05, 4.69) is 22.4 Å². The molecule has 0 saturated heterocycles. The molecule has 1 atom stereocenters. The number of rotatable bonds is 2. The van der Waals surface area contributed by atoms with Crippen LogP contribution in [-0.4, -0.2) is 16.0 Å². The molecule has 0 aromatic carbocycles. The summed E-state index contributed by atoms with van der Waals surface area (Å²) in [7, 11) is 0. The third-order valence-electron chi connectivity index (χ3n) is 3.41. The fourth-order valence-electron chi connectivity index (χ4n) is 2.37. The Morgan fingerprint density at radius 1 is 1.47 bits per heavy atom. The summed E-state index contributed by atoms with van der Waals surface area (Å²) in [5.41, 5.74) is 1.35. The van der Waals surface area contributed by atoms with Crippen molar-refractivity contribution in [3.05, 3.63) is 41.4 Å². The van der Waals surface area contributed by atoms with Crippen LogP contribution >= 0.6 is 0 Å². The highest BCUT2D eigenvalue weighted by molar-refractivity contribution is 6.03. The van der Waals surface area contributed by atoms with E-state index in [1.165, 1.54) is 0 Å². The van der Waals surface area contributed by atoms with Crippen molar-refractivity contribution in [1.29, 1.82) is 0 Å². The van der Waals surface area contributed by atoms with Gasteiger partial charge >= 0.3 is 0 Å². The number of nitrogens with zero attached hydrogens (tertiary/aromatic N) is 2. The molecule has 2 aromatic rings. The molecule has 5 heteroatoms. The van der Waals surface area contributed by atoms with Crippen LogP contribution < -0.4 is 5.32 Å². The predicted octanol–water partition coefficient (Wildman–Crippen LogP) is 2.45. The standard InChI is InChI=1S/C14H15N3O2/c1-9-5-6-11-10(8-9)13(17-19-11)14(18)16-12-4-2-3-7-15-12/h2-4,7,9H,5-6,8H2,1H3,(H,15,16,18)/t9-/m1/s1. The van der Waals surface area contributed by atoms with Crippen molar-refractivity contribution in [3.8, 4) is 0 Å². The monoisotopic (exact) mass is 257 g/mol. The third kappa shape index (κ3) is 2.36. The number of aryl methyl sites for hydroxylation is 1. The Labute approximate surface area is 111 Å². The highest BCUT2D eigenvalue weighted by Gasteiger charge is 2.26. The maximum absolute atomic E-state index is 12.2. The third-order valence-corrected chi connectivity index (χ3v) is 3.41. The van der Waals surface area contributed by atoms with Crippen LogP contribution in [0, 0.1) is 5.92 Å². The molecule has 2 heterocycles. The topological polar surface area (TPSA) is 68.0 Å². The lowest BCUT2D eigenvalue weighted by molar-refractivity contribution is 0.101. The first kappa shape index (κ1) is 11.9. The molecule has 0 saturated carbocycles. The molecule has 0 unspecified atom stereocenters. The Bertz CT molecular complexity index is 592. The molecular weight excluding hydrogens is 242 g/mol. The number of amides is 1. The summed E-state index contributed by atoms with van der Waals surface area (Å²) in [5.74, 6) is 1.68. The Kier molecular flexibility index (Phi) is 3.03. The molecule has 1 N–H and O–H groups in total. The number of nitrogens with one attached hydrogen (secondary N) is 1. The number of aromatic nitrogens is 2. The largest absolute Gasteiger partial charge is 0.360 e. The van der Waals surface area contributed by atoms with Crippen molar-refractivity contribution in [2.45, 2.75) is 26.2 Å². The van der Waals surface area contributed by atoms with Crippen LogP contribution in [0.5, 0.6) is 0 Å². The summed E-state index contributed by atoms with van der Waals surface area (Å²) in [6.45, 7) is 2.18. The van der Waals surface area contributed by atoms with Gasteiger partial charge in [-0.15, -0.1) is 0 Å². The lowest BCUT2D eigenvalue weighted by Crippen LogP contribution is -2.18. The van der Waals surface area contributed by atoms with Crippen molar-refractivity contribution in [1.82, 2.24) is 10.1 Å². The van der Waals surface area contributed by atoms with Gasteiger partial charge in [0.15, 0.2) is 5.69 Å². The smallest absolute Gasteiger partial charge is 0.279 e. The molecule has 0 bridgehead atoms. The van der Waals surface area contributed by atoms with Crippen LogP contribution in [-0.2, 0) is 12.8 Å². The average Bonchev–Trinajstić information content (AvgIpc) is 2.82. The van der Waals surface area contributed by atoms with Crippen LogP contribution in [0.3, 0.4) is 0 Å². The molecule has 0 aliphatic heterocycles. The van der Waals surface area contributed by atoms with Gasteiger partial charge in [-0.2, -0.15) is 0 Å². The van der Waals surface area contributed by atoms with Gasteiger partial charge < -0.3 is 9.84 Å². The second-order valence-electron chi connectivity index (χ2n) is 4.95. The first-order valence-electron chi connectivity index (χ1n) is 6.44. The highest BCUT2D eigenvalue weighted by atomic mass is 16.5. The normalized spacial score (nSPS) is 17.8. The van der Waals surface area contributed by atoms with E-state index in [0.29, 0.717) is 17.4 Å². The van der Waals surface area contributed by atoms with Crippen LogP contribution in [0.2, 0.25) is 0 Å². The molecule has 2 aromatic heterocycles. The number of pyridine rings is 1. The van der Waals surface area contributed by atoms with E-state index in [4.69, 9.17) is 4.52 Å². The van der Waals surface area contributed by atoms with Gasteiger partial charge in [-0.25, -0.2) is 4.98 Å². The quantitative estimate of drug-likeness (QED) is 0.897. The maximum Gasteiger partial charge on any atom is 0.279 e. The molecule has 1 aliphatic carbocycles. The molecule has 0 fully saturated rings. The zero-order chi connectivity index (χ0) is 13.2. The summed E-state index contributed by atoms with van der Waals surface area (Å²) >= 11 is 0. The minimum Gasteiger partial charge on any atom is -0.360 e. The number of fused-ring (bicyclic) bond motifs is 1. The molecule has 1 amide bonds. The average molecular weight is 257 g/mol. The van der Waals surface area contributed by atoms with Crippen molar-refractivity contribution in [2.24, 2.45) is 5.92 Å². The number of anilines is 1. The summed E-state index contributed by atoms with van der Waals surface area (Å²) < 4.78 is 5.26. The minimum atomic E-state index is -0.252. The SMILES string of the molecule is C[C@@H]1CCc2onc(C(=O)Nc3ccccn3)c2C1. The number of carbonyl (C=O) groups is 1. The Morgan fingerprint density at radius 2 is 2.37 bits per heavy atom. The second-order valence-corrected chi connectivity index (χ2v) is 4.95. The van der Waals surface area contributed by atoms with Crippen molar-refractivity contribution >= 4 is 11.7 Å². The van der Waals surface area contributed by atoms with Crippen LogP contribution in [0.25, 0.3) is 0 Å². The number of carbonyl (C=O) groups excluding carboxylic acids is 1. The summed E-state index contributed by atoms with van der Waals surface area (Å²) in [6.07, 6.45) is 4.43. The zero-order valence-corrected chi connectivity index (χ0v) is 10.7. The van der Waals surface area contributed by atoms with E-state index >= 15 is 0 Å².